The molecule has 0 saturated heterocycles. The Bertz CT molecular complexity index is 1210. The van der Waals surface area contributed by atoms with E-state index in [0.29, 0.717) is 38.3 Å². The molecule has 1 heterocycles. The zero-order valence-electron chi connectivity index (χ0n) is 21.9. The summed E-state index contributed by atoms with van der Waals surface area (Å²) in [5.74, 6) is 1.25. The highest BCUT2D eigenvalue weighted by atomic mass is 16.6. The molecule has 1 aliphatic heterocycles. The second kappa shape index (κ2) is 12.4. The summed E-state index contributed by atoms with van der Waals surface area (Å²) in [4.78, 5) is 29.0. The molecule has 1 aliphatic rings. The first-order chi connectivity index (χ1) is 17.9. The fourth-order valence-electron chi connectivity index (χ4n) is 4.58. The van der Waals surface area contributed by atoms with Gasteiger partial charge in [-0.1, -0.05) is 66.2 Å². The summed E-state index contributed by atoms with van der Waals surface area (Å²) in [6, 6.07) is 23.1. The number of nitrogens with zero attached hydrogens (tertiary/aromatic N) is 1. The molecular formula is C31H36N2O4. The van der Waals surface area contributed by atoms with Gasteiger partial charge in [-0.05, 0) is 56.0 Å². The van der Waals surface area contributed by atoms with Crippen LogP contribution in [-0.4, -0.2) is 42.0 Å². The van der Waals surface area contributed by atoms with Gasteiger partial charge >= 0.3 is 0 Å². The smallest absolute Gasteiger partial charge is 0.243 e. The standard InChI is InChI=1S/C31H36N2O4/c1-22(2)32-31(35)27(19-24-9-5-4-6-10-24)33(21-26-11-7-8-23(3)18-26)30(34)15-13-25-12-14-28-29(20-25)37-17-16-36-28/h4-12,14,18,20,22,27H,13,15-17,19,21H2,1-3H3,(H,32,35)/t27-/m0/s1. The minimum absolute atomic E-state index is 0.0283. The lowest BCUT2D eigenvalue weighted by Gasteiger charge is -2.32. The maximum absolute atomic E-state index is 13.8. The minimum atomic E-state index is -0.627. The van der Waals surface area contributed by atoms with Gasteiger partial charge in [0, 0.05) is 25.4 Å². The average molecular weight is 501 g/mol. The van der Waals surface area contributed by atoms with Crippen molar-refractivity contribution in [1.29, 1.82) is 0 Å². The van der Waals surface area contributed by atoms with E-state index >= 15 is 0 Å². The molecule has 0 aromatic heterocycles. The highest BCUT2D eigenvalue weighted by Crippen LogP contribution is 2.31. The Morgan fingerprint density at radius 3 is 2.32 bits per heavy atom. The van der Waals surface area contributed by atoms with Crippen LogP contribution < -0.4 is 14.8 Å². The number of hydrogen-bond donors (Lipinski definition) is 1. The third-order valence-corrected chi connectivity index (χ3v) is 6.37. The minimum Gasteiger partial charge on any atom is -0.486 e. The number of carbonyl (C=O) groups is 2. The van der Waals surface area contributed by atoms with E-state index in [2.05, 4.69) is 11.4 Å². The van der Waals surface area contributed by atoms with Gasteiger partial charge in [0.05, 0.1) is 0 Å². The summed E-state index contributed by atoms with van der Waals surface area (Å²) in [6.45, 7) is 7.33. The molecule has 2 amide bonds. The molecule has 0 spiro atoms. The van der Waals surface area contributed by atoms with Crippen LogP contribution in [0.4, 0.5) is 0 Å². The van der Waals surface area contributed by atoms with Crippen LogP contribution in [0.25, 0.3) is 0 Å². The molecule has 3 aromatic rings. The first-order valence-electron chi connectivity index (χ1n) is 13.0. The Morgan fingerprint density at radius 2 is 1.59 bits per heavy atom. The van der Waals surface area contributed by atoms with E-state index in [4.69, 9.17) is 9.47 Å². The Hall–Kier alpha value is -3.80. The number of nitrogens with one attached hydrogen (secondary N) is 1. The number of aryl methyl sites for hydroxylation is 2. The van der Waals surface area contributed by atoms with Crippen LogP contribution in [-0.2, 0) is 29.0 Å². The van der Waals surface area contributed by atoms with Crippen molar-refractivity contribution in [2.45, 2.75) is 58.7 Å². The van der Waals surface area contributed by atoms with Crippen molar-refractivity contribution in [3.63, 3.8) is 0 Å². The molecule has 0 aliphatic carbocycles. The number of rotatable bonds is 10. The zero-order valence-corrected chi connectivity index (χ0v) is 21.9. The van der Waals surface area contributed by atoms with E-state index in [1.807, 2.05) is 87.5 Å². The summed E-state index contributed by atoms with van der Waals surface area (Å²) < 4.78 is 11.3. The molecule has 6 nitrogen and oxygen atoms in total. The summed E-state index contributed by atoms with van der Waals surface area (Å²) in [5.41, 5.74) is 4.13. The van der Waals surface area contributed by atoms with Gasteiger partial charge in [-0.2, -0.15) is 0 Å². The maximum atomic E-state index is 13.8. The summed E-state index contributed by atoms with van der Waals surface area (Å²) in [7, 11) is 0. The quantitative estimate of drug-likeness (QED) is 0.432. The van der Waals surface area contributed by atoms with Crippen molar-refractivity contribution in [2.75, 3.05) is 13.2 Å². The summed E-state index contributed by atoms with van der Waals surface area (Å²) in [6.07, 6.45) is 1.27. The number of carbonyl (C=O) groups excluding carboxylic acids is 2. The Kier molecular flexibility index (Phi) is 8.83. The van der Waals surface area contributed by atoms with Crippen LogP contribution in [0.15, 0.2) is 72.8 Å². The molecule has 3 aromatic carbocycles. The molecule has 0 unspecified atom stereocenters. The number of amides is 2. The Morgan fingerprint density at radius 1 is 0.865 bits per heavy atom. The molecule has 194 valence electrons. The Labute approximate surface area is 219 Å². The Balaban J connectivity index is 1.59. The summed E-state index contributed by atoms with van der Waals surface area (Å²) in [5, 5.41) is 3.04. The van der Waals surface area contributed by atoms with Crippen molar-refractivity contribution >= 4 is 11.8 Å². The molecule has 0 radical (unpaired) electrons. The van der Waals surface area contributed by atoms with Crippen molar-refractivity contribution in [2.24, 2.45) is 0 Å². The van der Waals surface area contributed by atoms with Crippen LogP contribution in [0.1, 0.15) is 42.5 Å². The van der Waals surface area contributed by atoms with Crippen LogP contribution in [0.5, 0.6) is 11.5 Å². The van der Waals surface area contributed by atoms with E-state index in [0.717, 1.165) is 28.0 Å². The van der Waals surface area contributed by atoms with E-state index in [9.17, 15) is 9.59 Å². The maximum Gasteiger partial charge on any atom is 0.243 e. The average Bonchev–Trinajstić information content (AvgIpc) is 2.89. The zero-order chi connectivity index (χ0) is 26.2. The highest BCUT2D eigenvalue weighted by Gasteiger charge is 2.30. The number of hydrogen-bond acceptors (Lipinski definition) is 4. The lowest BCUT2D eigenvalue weighted by atomic mass is 10.0. The van der Waals surface area contributed by atoms with Gasteiger partial charge in [0.15, 0.2) is 11.5 Å². The van der Waals surface area contributed by atoms with Gasteiger partial charge in [-0.25, -0.2) is 0 Å². The van der Waals surface area contributed by atoms with Gasteiger partial charge in [0.25, 0.3) is 0 Å². The lowest BCUT2D eigenvalue weighted by molar-refractivity contribution is -0.141. The van der Waals surface area contributed by atoms with Crippen LogP contribution in [0.2, 0.25) is 0 Å². The predicted octanol–water partition coefficient (Wildman–Crippen LogP) is 4.86. The molecule has 37 heavy (non-hydrogen) atoms. The van der Waals surface area contributed by atoms with E-state index in [1.165, 1.54) is 0 Å². The molecule has 6 heteroatoms. The third-order valence-electron chi connectivity index (χ3n) is 6.37. The number of ether oxygens (including phenoxy) is 2. The molecule has 0 fully saturated rings. The van der Waals surface area contributed by atoms with Gasteiger partial charge in [-0.15, -0.1) is 0 Å². The molecule has 1 atom stereocenters. The molecular weight excluding hydrogens is 464 g/mol. The highest BCUT2D eigenvalue weighted by molar-refractivity contribution is 5.88. The van der Waals surface area contributed by atoms with Crippen molar-refractivity contribution in [1.82, 2.24) is 10.2 Å². The van der Waals surface area contributed by atoms with Crippen LogP contribution in [0, 0.1) is 6.92 Å². The van der Waals surface area contributed by atoms with Crippen LogP contribution in [0.3, 0.4) is 0 Å². The molecule has 1 N–H and O–H groups in total. The fraction of sp³-hybridized carbons (Fsp3) is 0.355. The molecule has 4 rings (SSSR count). The fourth-order valence-corrected chi connectivity index (χ4v) is 4.58. The number of fused-ring (bicyclic) bond motifs is 1. The number of benzene rings is 3. The monoisotopic (exact) mass is 500 g/mol. The SMILES string of the molecule is Cc1cccc(CN(C(=O)CCc2ccc3c(c2)OCCO3)[C@@H](Cc2ccccc2)C(=O)NC(C)C)c1. The van der Waals surface area contributed by atoms with E-state index in [1.54, 1.807) is 4.90 Å². The van der Waals surface area contributed by atoms with E-state index < -0.39 is 6.04 Å². The molecule has 0 saturated carbocycles. The normalized spacial score (nSPS) is 13.2. The van der Waals surface area contributed by atoms with Gasteiger partial charge in [0.1, 0.15) is 19.3 Å². The first kappa shape index (κ1) is 26.3. The topological polar surface area (TPSA) is 67.9 Å². The summed E-state index contributed by atoms with van der Waals surface area (Å²) >= 11 is 0. The van der Waals surface area contributed by atoms with Crippen molar-refractivity contribution < 1.29 is 19.1 Å². The van der Waals surface area contributed by atoms with Gasteiger partial charge in [-0.3, -0.25) is 9.59 Å². The van der Waals surface area contributed by atoms with Crippen molar-refractivity contribution in [3.05, 3.63) is 95.1 Å². The lowest BCUT2D eigenvalue weighted by Crippen LogP contribution is -2.51. The second-order valence-electron chi connectivity index (χ2n) is 9.86. The second-order valence-corrected chi connectivity index (χ2v) is 9.86. The largest absolute Gasteiger partial charge is 0.486 e. The van der Waals surface area contributed by atoms with Gasteiger partial charge in [0.2, 0.25) is 11.8 Å². The van der Waals surface area contributed by atoms with E-state index in [-0.39, 0.29) is 24.3 Å². The first-order valence-corrected chi connectivity index (χ1v) is 13.0. The third kappa shape index (κ3) is 7.35. The van der Waals surface area contributed by atoms with Crippen LogP contribution >= 0.6 is 0 Å². The predicted molar refractivity (Wildman–Crippen MR) is 145 cm³/mol. The molecule has 0 bridgehead atoms. The van der Waals surface area contributed by atoms with Crippen molar-refractivity contribution in [3.8, 4) is 11.5 Å². The van der Waals surface area contributed by atoms with Gasteiger partial charge < -0.3 is 19.7 Å².